The Kier molecular flexibility index (Phi) is 5.46. The van der Waals surface area contributed by atoms with Crippen molar-refractivity contribution in [3.8, 4) is 0 Å². The van der Waals surface area contributed by atoms with Crippen molar-refractivity contribution in [2.45, 2.75) is 37.4 Å². The van der Waals surface area contributed by atoms with Crippen LogP contribution in [-0.4, -0.2) is 55.7 Å². The van der Waals surface area contributed by atoms with Gasteiger partial charge in [-0.2, -0.15) is 13.2 Å². The molecule has 1 aliphatic carbocycles. The zero-order valence-corrected chi connectivity index (χ0v) is 15.1. The van der Waals surface area contributed by atoms with E-state index < -0.39 is 29.5 Å². The molecule has 8 heteroatoms. The highest BCUT2D eigenvalue weighted by molar-refractivity contribution is 5.84. The number of ether oxygens (including phenoxy) is 1. The smallest absolute Gasteiger partial charge is 0.469 e. The van der Waals surface area contributed by atoms with E-state index in [1.54, 1.807) is 0 Å². The maximum absolute atomic E-state index is 13.3. The van der Waals surface area contributed by atoms with Crippen molar-refractivity contribution in [1.29, 1.82) is 0 Å². The Bertz CT molecular complexity index is 687. The summed E-state index contributed by atoms with van der Waals surface area (Å²) >= 11 is 0. The molecule has 2 unspecified atom stereocenters. The van der Waals surface area contributed by atoms with Crippen molar-refractivity contribution >= 4 is 11.9 Å². The summed E-state index contributed by atoms with van der Waals surface area (Å²) in [6.45, 7) is 0.722. The molecule has 1 aliphatic heterocycles. The predicted octanol–water partition coefficient (Wildman–Crippen LogP) is 2.48. The summed E-state index contributed by atoms with van der Waals surface area (Å²) in [6, 6.07) is 8.62. The van der Waals surface area contributed by atoms with E-state index in [0.29, 0.717) is 32.4 Å². The van der Waals surface area contributed by atoms with Crippen LogP contribution in [0.5, 0.6) is 0 Å². The first-order valence-corrected chi connectivity index (χ1v) is 9.00. The first-order valence-electron chi connectivity index (χ1n) is 9.00. The molecule has 27 heavy (non-hydrogen) atoms. The number of hydrogen-bond donors (Lipinski definition) is 1. The van der Waals surface area contributed by atoms with Crippen molar-refractivity contribution in [1.82, 2.24) is 10.2 Å². The maximum atomic E-state index is 13.3. The number of esters is 1. The van der Waals surface area contributed by atoms with Crippen LogP contribution in [0, 0.1) is 5.41 Å². The van der Waals surface area contributed by atoms with Gasteiger partial charge >= 0.3 is 18.1 Å². The molecule has 2 fully saturated rings. The lowest BCUT2D eigenvalue weighted by Crippen LogP contribution is -2.54. The summed E-state index contributed by atoms with van der Waals surface area (Å²) in [5.74, 6) is -2.58. The largest absolute Gasteiger partial charge is 0.471 e. The first kappa shape index (κ1) is 19.7. The van der Waals surface area contributed by atoms with Gasteiger partial charge in [-0.3, -0.25) is 9.59 Å². The van der Waals surface area contributed by atoms with E-state index in [9.17, 15) is 22.8 Å². The molecule has 1 N–H and O–H groups in total. The van der Waals surface area contributed by atoms with Gasteiger partial charge in [0.05, 0.1) is 12.5 Å². The number of nitrogens with zero attached hydrogens (tertiary/aromatic N) is 1. The van der Waals surface area contributed by atoms with Crippen molar-refractivity contribution in [2.75, 3.05) is 26.7 Å². The molecular weight excluding hydrogens is 361 g/mol. The monoisotopic (exact) mass is 384 g/mol. The quantitative estimate of drug-likeness (QED) is 0.793. The molecule has 1 aromatic rings. The summed E-state index contributed by atoms with van der Waals surface area (Å²) < 4.78 is 44.7. The molecule has 148 valence electrons. The SMILES string of the molecule is COC(=O)C1(CN(C(=O)C(F)(F)F)C2CC2c2ccccc2)CCNCC1. The molecular formula is C19H23F3N2O3. The van der Waals surface area contributed by atoms with Crippen molar-refractivity contribution < 1.29 is 27.5 Å². The van der Waals surface area contributed by atoms with Gasteiger partial charge < -0.3 is 15.0 Å². The van der Waals surface area contributed by atoms with E-state index in [1.807, 2.05) is 30.3 Å². The average molecular weight is 384 g/mol. The Balaban J connectivity index is 1.86. The molecule has 1 heterocycles. The fourth-order valence-electron chi connectivity index (χ4n) is 3.96. The van der Waals surface area contributed by atoms with Crippen LogP contribution in [0.3, 0.4) is 0 Å². The zero-order valence-electron chi connectivity index (χ0n) is 15.1. The molecule has 1 saturated carbocycles. The van der Waals surface area contributed by atoms with Crippen LogP contribution in [0.2, 0.25) is 0 Å². The van der Waals surface area contributed by atoms with Gasteiger partial charge in [-0.1, -0.05) is 30.3 Å². The molecule has 0 aromatic heterocycles. The standard InChI is InChI=1S/C19H23F3N2O3/c1-27-17(26)18(7-9-23-10-8-18)12-24(16(25)19(20,21)22)15-11-14(15)13-5-3-2-4-6-13/h2-6,14-15,23H,7-12H2,1H3. The summed E-state index contributed by atoms with van der Waals surface area (Å²) in [5, 5.41) is 3.10. The van der Waals surface area contributed by atoms with Crippen LogP contribution in [0.25, 0.3) is 0 Å². The molecule has 0 radical (unpaired) electrons. The second kappa shape index (κ2) is 7.50. The maximum Gasteiger partial charge on any atom is 0.471 e. The summed E-state index contributed by atoms with van der Waals surface area (Å²) in [4.78, 5) is 25.5. The highest BCUT2D eigenvalue weighted by atomic mass is 19.4. The summed E-state index contributed by atoms with van der Waals surface area (Å²) in [5.41, 5.74) is -0.204. The fraction of sp³-hybridized carbons (Fsp3) is 0.579. The number of carbonyl (C=O) groups is 2. The topological polar surface area (TPSA) is 58.6 Å². The van der Waals surface area contributed by atoms with Crippen LogP contribution < -0.4 is 5.32 Å². The molecule has 3 rings (SSSR count). The van der Waals surface area contributed by atoms with Gasteiger partial charge in [0.1, 0.15) is 0 Å². The number of nitrogens with one attached hydrogen (secondary N) is 1. The Morgan fingerprint density at radius 2 is 1.85 bits per heavy atom. The Morgan fingerprint density at radius 3 is 2.41 bits per heavy atom. The predicted molar refractivity (Wildman–Crippen MR) is 91.9 cm³/mol. The third kappa shape index (κ3) is 4.10. The van der Waals surface area contributed by atoms with Gasteiger partial charge in [-0.05, 0) is 37.9 Å². The van der Waals surface area contributed by atoms with Crippen LogP contribution in [0.4, 0.5) is 13.2 Å². The number of halogens is 3. The summed E-state index contributed by atoms with van der Waals surface area (Å²) in [7, 11) is 1.23. The van der Waals surface area contributed by atoms with E-state index >= 15 is 0 Å². The molecule has 1 amide bonds. The van der Waals surface area contributed by atoms with Gasteiger partial charge in [0.15, 0.2) is 0 Å². The minimum atomic E-state index is -4.98. The molecule has 2 aliphatic rings. The second-order valence-corrected chi connectivity index (χ2v) is 7.27. The van der Waals surface area contributed by atoms with Crippen LogP contribution in [-0.2, 0) is 14.3 Å². The van der Waals surface area contributed by atoms with Crippen LogP contribution >= 0.6 is 0 Å². The lowest BCUT2D eigenvalue weighted by Gasteiger charge is -2.39. The third-order valence-corrected chi connectivity index (χ3v) is 5.54. The van der Waals surface area contributed by atoms with Gasteiger partial charge in [0, 0.05) is 18.5 Å². The minimum absolute atomic E-state index is 0.145. The normalized spacial score (nSPS) is 24.1. The van der Waals surface area contributed by atoms with Gasteiger partial charge in [-0.25, -0.2) is 0 Å². The summed E-state index contributed by atoms with van der Waals surface area (Å²) in [6.07, 6.45) is -3.84. The zero-order chi connectivity index (χ0) is 19.7. The van der Waals surface area contributed by atoms with Crippen molar-refractivity contribution in [2.24, 2.45) is 5.41 Å². The number of methoxy groups -OCH3 is 1. The molecule has 2 atom stereocenters. The number of rotatable bonds is 5. The van der Waals surface area contributed by atoms with Crippen LogP contribution in [0.15, 0.2) is 30.3 Å². The van der Waals surface area contributed by atoms with E-state index in [2.05, 4.69) is 5.32 Å². The van der Waals surface area contributed by atoms with Gasteiger partial charge in [0.2, 0.25) is 0 Å². The van der Waals surface area contributed by atoms with Crippen molar-refractivity contribution in [3.63, 3.8) is 0 Å². The molecule has 0 spiro atoms. The van der Waals surface area contributed by atoms with E-state index in [-0.39, 0.29) is 12.5 Å². The fourth-order valence-corrected chi connectivity index (χ4v) is 3.96. The number of carbonyl (C=O) groups excluding carboxylic acids is 2. The van der Waals surface area contributed by atoms with Crippen LogP contribution in [0.1, 0.15) is 30.7 Å². The molecule has 5 nitrogen and oxygen atoms in total. The van der Waals surface area contributed by atoms with E-state index in [4.69, 9.17) is 4.74 Å². The van der Waals surface area contributed by atoms with E-state index in [0.717, 1.165) is 10.5 Å². The van der Waals surface area contributed by atoms with Crippen molar-refractivity contribution in [3.05, 3.63) is 35.9 Å². The van der Waals surface area contributed by atoms with Gasteiger partial charge in [-0.15, -0.1) is 0 Å². The average Bonchev–Trinajstić information content (AvgIpc) is 3.46. The lowest BCUT2D eigenvalue weighted by molar-refractivity contribution is -0.189. The molecule has 1 aromatic carbocycles. The van der Waals surface area contributed by atoms with Gasteiger partial charge in [0.25, 0.3) is 0 Å². The Morgan fingerprint density at radius 1 is 1.22 bits per heavy atom. The lowest BCUT2D eigenvalue weighted by atomic mass is 9.78. The highest BCUT2D eigenvalue weighted by Gasteiger charge is 2.55. The minimum Gasteiger partial charge on any atom is -0.469 e. The Labute approximate surface area is 155 Å². The Hall–Kier alpha value is -2.09. The molecule has 1 saturated heterocycles. The number of alkyl halides is 3. The number of amides is 1. The van der Waals surface area contributed by atoms with E-state index in [1.165, 1.54) is 7.11 Å². The number of hydrogen-bond acceptors (Lipinski definition) is 4. The third-order valence-electron chi connectivity index (χ3n) is 5.54. The first-order chi connectivity index (χ1) is 12.8. The second-order valence-electron chi connectivity index (χ2n) is 7.27. The number of benzene rings is 1. The number of piperidine rings is 1. The molecule has 0 bridgehead atoms. The highest BCUT2D eigenvalue weighted by Crippen LogP contribution is 2.47.